The molecule has 1 unspecified atom stereocenters. The van der Waals surface area contributed by atoms with Gasteiger partial charge in [-0.25, -0.2) is 0 Å². The minimum absolute atomic E-state index is 0.398. The molecule has 0 bridgehead atoms. The molecule has 0 radical (unpaired) electrons. The lowest BCUT2D eigenvalue weighted by Gasteiger charge is -2.32. The molecule has 0 saturated carbocycles. The third kappa shape index (κ3) is 2.55. The number of benzene rings is 1. The zero-order valence-electron chi connectivity index (χ0n) is 9.94. The van der Waals surface area contributed by atoms with Crippen LogP contribution in [-0.2, 0) is 15.1 Å². The molecule has 1 aliphatic carbocycles. The van der Waals surface area contributed by atoms with Crippen LogP contribution in [0.25, 0.3) is 0 Å². The molecular formula is C14H15IO2. The highest BCUT2D eigenvalue weighted by molar-refractivity contribution is 14.1. The van der Waals surface area contributed by atoms with Crippen molar-refractivity contribution in [1.82, 2.24) is 0 Å². The van der Waals surface area contributed by atoms with Crippen molar-refractivity contribution in [1.29, 1.82) is 0 Å². The van der Waals surface area contributed by atoms with Crippen molar-refractivity contribution in [2.75, 3.05) is 14.2 Å². The molecule has 1 atom stereocenters. The molecule has 0 spiro atoms. The minimum atomic E-state index is -0.398. The lowest BCUT2D eigenvalue weighted by molar-refractivity contribution is 0.0164. The molecule has 1 aromatic carbocycles. The second-order valence-corrected chi connectivity index (χ2v) is 5.22. The summed E-state index contributed by atoms with van der Waals surface area (Å²) in [6.45, 7) is 0. The highest BCUT2D eigenvalue weighted by Gasteiger charge is 2.32. The van der Waals surface area contributed by atoms with E-state index >= 15 is 0 Å². The maximum absolute atomic E-state index is 5.73. The van der Waals surface area contributed by atoms with Gasteiger partial charge in [0, 0.05) is 17.1 Å². The monoisotopic (exact) mass is 342 g/mol. The maximum atomic E-state index is 5.73. The summed E-state index contributed by atoms with van der Waals surface area (Å²) in [5, 5.41) is 0. The first-order valence-corrected chi connectivity index (χ1v) is 6.51. The first kappa shape index (κ1) is 12.6. The van der Waals surface area contributed by atoms with Crippen LogP contribution in [-0.4, -0.2) is 14.2 Å². The Balaban J connectivity index is 2.36. The van der Waals surface area contributed by atoms with Crippen LogP contribution in [0.5, 0.6) is 0 Å². The van der Waals surface area contributed by atoms with E-state index in [-0.39, 0.29) is 0 Å². The summed E-state index contributed by atoms with van der Waals surface area (Å²) in [6, 6.07) is 8.40. The summed E-state index contributed by atoms with van der Waals surface area (Å²) in [7, 11) is 3.43. The van der Waals surface area contributed by atoms with Gasteiger partial charge in [-0.05, 0) is 52.4 Å². The Labute approximate surface area is 115 Å². The average Bonchev–Trinajstić information content (AvgIpc) is 2.39. The number of ether oxygens (including phenoxy) is 2. The first-order chi connectivity index (χ1) is 8.20. The Morgan fingerprint density at radius 3 is 2.47 bits per heavy atom. The summed E-state index contributed by atoms with van der Waals surface area (Å²) >= 11 is 2.30. The van der Waals surface area contributed by atoms with Crippen LogP contribution in [0.15, 0.2) is 48.3 Å². The van der Waals surface area contributed by atoms with E-state index in [2.05, 4.69) is 52.9 Å². The van der Waals surface area contributed by atoms with Gasteiger partial charge >= 0.3 is 0 Å². The van der Waals surface area contributed by atoms with Crippen molar-refractivity contribution in [3.8, 4) is 0 Å². The van der Waals surface area contributed by atoms with Crippen LogP contribution in [0.3, 0.4) is 0 Å². The van der Waals surface area contributed by atoms with Crippen LogP contribution in [0.4, 0.5) is 0 Å². The van der Waals surface area contributed by atoms with Crippen molar-refractivity contribution >= 4 is 22.6 Å². The molecule has 0 N–H and O–H groups in total. The summed E-state index contributed by atoms with van der Waals surface area (Å²) in [4.78, 5) is 0. The number of rotatable bonds is 3. The van der Waals surface area contributed by atoms with Crippen LogP contribution < -0.4 is 0 Å². The first-order valence-electron chi connectivity index (χ1n) is 5.44. The number of hydrogen-bond donors (Lipinski definition) is 0. The highest BCUT2D eigenvalue weighted by atomic mass is 127. The maximum Gasteiger partial charge on any atom is 0.118 e. The highest BCUT2D eigenvalue weighted by Crippen LogP contribution is 2.36. The quantitative estimate of drug-likeness (QED) is 0.781. The zero-order valence-corrected chi connectivity index (χ0v) is 12.1. The van der Waals surface area contributed by atoms with Gasteiger partial charge in [0.1, 0.15) is 5.60 Å². The number of allylic oxidation sites excluding steroid dienone is 2. The van der Waals surface area contributed by atoms with Gasteiger partial charge in [0.2, 0.25) is 0 Å². The predicted octanol–water partition coefficient (Wildman–Crippen LogP) is 3.62. The second-order valence-electron chi connectivity index (χ2n) is 3.97. The summed E-state index contributed by atoms with van der Waals surface area (Å²) in [6.07, 6.45) is 6.78. The van der Waals surface area contributed by atoms with Gasteiger partial charge in [-0.15, -0.1) is 0 Å². The van der Waals surface area contributed by atoms with Crippen LogP contribution in [0.2, 0.25) is 0 Å². The lowest BCUT2D eigenvalue weighted by atomic mass is 9.86. The molecule has 0 fully saturated rings. The van der Waals surface area contributed by atoms with Gasteiger partial charge in [-0.1, -0.05) is 18.2 Å². The van der Waals surface area contributed by atoms with Crippen LogP contribution in [0.1, 0.15) is 12.0 Å². The molecule has 2 rings (SSSR count). The Morgan fingerprint density at radius 2 is 1.88 bits per heavy atom. The molecule has 2 nitrogen and oxygen atoms in total. The standard InChI is InChI=1S/C14H15IO2/c1-16-13-4-3-9-14(10-13,17-2)11-5-7-12(15)8-6-11/h3-9H,10H2,1-2H3. The van der Waals surface area contributed by atoms with Crippen molar-refractivity contribution in [3.05, 3.63) is 57.4 Å². The van der Waals surface area contributed by atoms with Crippen LogP contribution >= 0.6 is 22.6 Å². The Bertz CT molecular complexity index is 448. The smallest absolute Gasteiger partial charge is 0.118 e. The van der Waals surface area contributed by atoms with E-state index in [0.717, 1.165) is 17.7 Å². The van der Waals surface area contributed by atoms with Crippen LogP contribution in [0, 0.1) is 3.57 Å². The number of halogens is 1. The Kier molecular flexibility index (Phi) is 3.89. The topological polar surface area (TPSA) is 18.5 Å². The fourth-order valence-corrected chi connectivity index (χ4v) is 2.38. The molecular weight excluding hydrogens is 327 g/mol. The van der Waals surface area contributed by atoms with Gasteiger partial charge < -0.3 is 9.47 Å². The molecule has 1 aromatic rings. The van der Waals surface area contributed by atoms with E-state index in [1.54, 1.807) is 14.2 Å². The van der Waals surface area contributed by atoms with Gasteiger partial charge in [0.15, 0.2) is 0 Å². The molecule has 0 aromatic heterocycles. The summed E-state index contributed by atoms with van der Waals surface area (Å²) in [5.41, 5.74) is 0.754. The van der Waals surface area contributed by atoms with E-state index in [0.29, 0.717) is 0 Å². The average molecular weight is 342 g/mol. The van der Waals surface area contributed by atoms with Gasteiger partial charge in [-0.3, -0.25) is 0 Å². The Hall–Kier alpha value is -0.810. The molecule has 3 heteroatoms. The van der Waals surface area contributed by atoms with Gasteiger partial charge in [-0.2, -0.15) is 0 Å². The molecule has 90 valence electrons. The zero-order chi connectivity index (χ0) is 12.3. The fraction of sp³-hybridized carbons (Fsp3) is 0.286. The van der Waals surface area contributed by atoms with Gasteiger partial charge in [0.05, 0.1) is 12.9 Å². The largest absolute Gasteiger partial charge is 0.501 e. The van der Waals surface area contributed by atoms with Crippen molar-refractivity contribution < 1.29 is 9.47 Å². The normalized spacial score (nSPS) is 23.4. The lowest BCUT2D eigenvalue weighted by Crippen LogP contribution is -2.28. The summed E-state index contributed by atoms with van der Waals surface area (Å²) in [5.74, 6) is 0.938. The molecule has 0 saturated heterocycles. The molecule has 17 heavy (non-hydrogen) atoms. The van der Waals surface area contributed by atoms with Gasteiger partial charge in [0.25, 0.3) is 0 Å². The minimum Gasteiger partial charge on any atom is -0.501 e. The van der Waals surface area contributed by atoms with Crippen molar-refractivity contribution in [2.45, 2.75) is 12.0 Å². The van der Waals surface area contributed by atoms with E-state index in [9.17, 15) is 0 Å². The third-order valence-corrected chi connectivity index (χ3v) is 3.76. The van der Waals surface area contributed by atoms with E-state index in [1.165, 1.54) is 3.57 Å². The molecule has 1 aliphatic rings. The predicted molar refractivity (Wildman–Crippen MR) is 76.7 cm³/mol. The number of methoxy groups -OCH3 is 2. The molecule has 0 heterocycles. The third-order valence-electron chi connectivity index (χ3n) is 3.04. The molecule has 0 amide bonds. The van der Waals surface area contributed by atoms with Crippen molar-refractivity contribution in [2.24, 2.45) is 0 Å². The number of hydrogen-bond acceptors (Lipinski definition) is 2. The second kappa shape index (κ2) is 5.23. The fourth-order valence-electron chi connectivity index (χ4n) is 2.02. The SMILES string of the molecule is COC1=CC=CC(OC)(c2ccc(I)cc2)C1. The Morgan fingerprint density at radius 1 is 1.18 bits per heavy atom. The van der Waals surface area contributed by atoms with E-state index in [4.69, 9.17) is 9.47 Å². The van der Waals surface area contributed by atoms with E-state index in [1.807, 2.05) is 12.2 Å². The summed E-state index contributed by atoms with van der Waals surface area (Å²) < 4.78 is 12.3. The molecule has 0 aliphatic heterocycles. The van der Waals surface area contributed by atoms with E-state index < -0.39 is 5.60 Å². The van der Waals surface area contributed by atoms with Crippen molar-refractivity contribution in [3.63, 3.8) is 0 Å².